The van der Waals surface area contributed by atoms with Crippen molar-refractivity contribution in [2.75, 3.05) is 6.61 Å². The summed E-state index contributed by atoms with van der Waals surface area (Å²) in [5.74, 6) is -1.49. The van der Waals surface area contributed by atoms with Crippen LogP contribution in [-0.4, -0.2) is 28.6 Å². The molecule has 0 spiro atoms. The van der Waals surface area contributed by atoms with Crippen molar-refractivity contribution in [3.05, 3.63) is 23.3 Å². The molecule has 0 amide bonds. The Bertz CT molecular complexity index is 577. The van der Waals surface area contributed by atoms with E-state index >= 15 is 0 Å². The van der Waals surface area contributed by atoms with Crippen molar-refractivity contribution in [3.8, 4) is 11.5 Å². The molecule has 1 aromatic rings. The zero-order valence-corrected chi connectivity index (χ0v) is 10.4. The van der Waals surface area contributed by atoms with Gasteiger partial charge in [0.05, 0.1) is 18.1 Å². The zero-order valence-electron chi connectivity index (χ0n) is 10.4. The molecule has 2 N–H and O–H groups in total. The van der Waals surface area contributed by atoms with E-state index in [1.807, 2.05) is 0 Å². The van der Waals surface area contributed by atoms with Gasteiger partial charge < -0.3 is 14.9 Å². The summed E-state index contributed by atoms with van der Waals surface area (Å²) in [6.07, 6.45) is 0.295. The summed E-state index contributed by atoms with van der Waals surface area (Å²) >= 11 is 0. The van der Waals surface area contributed by atoms with Gasteiger partial charge in [-0.2, -0.15) is 0 Å². The molecule has 1 aromatic carbocycles. The second-order valence-electron chi connectivity index (χ2n) is 5.01. The molecule has 0 radical (unpaired) electrons. The van der Waals surface area contributed by atoms with Crippen LogP contribution in [0.25, 0.3) is 0 Å². The summed E-state index contributed by atoms with van der Waals surface area (Å²) in [4.78, 5) is 22.9. The highest BCUT2D eigenvalue weighted by Crippen LogP contribution is 2.61. The quantitative estimate of drug-likeness (QED) is 0.811. The van der Waals surface area contributed by atoms with Crippen molar-refractivity contribution in [3.63, 3.8) is 0 Å². The average Bonchev–Trinajstić information content (AvgIpc) is 3.12. The van der Waals surface area contributed by atoms with E-state index in [0.717, 1.165) is 0 Å². The highest BCUT2D eigenvalue weighted by atomic mass is 16.5. The predicted molar refractivity (Wildman–Crippen MR) is 65.6 cm³/mol. The molecule has 19 heavy (non-hydrogen) atoms. The minimum absolute atomic E-state index is 0.0946. The topological polar surface area (TPSA) is 83.8 Å². The number of hydrogen-bond donors (Lipinski definition) is 2. The Morgan fingerprint density at radius 2 is 2.16 bits per heavy atom. The largest absolute Gasteiger partial charge is 0.507 e. The number of hydrogen-bond acceptors (Lipinski definition) is 4. The van der Waals surface area contributed by atoms with Crippen molar-refractivity contribution >= 4 is 11.8 Å². The van der Waals surface area contributed by atoms with Gasteiger partial charge in [-0.05, 0) is 12.1 Å². The molecule has 5 heteroatoms. The van der Waals surface area contributed by atoms with E-state index in [9.17, 15) is 14.7 Å². The monoisotopic (exact) mass is 262 g/mol. The maximum Gasteiger partial charge on any atom is 0.307 e. The summed E-state index contributed by atoms with van der Waals surface area (Å²) in [5, 5.41) is 19.4. The molecule has 0 saturated heterocycles. The van der Waals surface area contributed by atoms with Gasteiger partial charge in [-0.1, -0.05) is 6.92 Å². The van der Waals surface area contributed by atoms with E-state index < -0.39 is 11.9 Å². The molecule has 0 bridgehead atoms. The van der Waals surface area contributed by atoms with E-state index in [1.54, 1.807) is 19.1 Å². The van der Waals surface area contributed by atoms with Crippen LogP contribution in [0.4, 0.5) is 0 Å². The molecule has 1 heterocycles. The standard InChI is InChI=1S/C14H14O5/c1-2-8(15)6-3-4-9-12(13(6)16)10-7(5-19-9)11(10)14(17)18/h3-4,7,10-11,16H,2,5H2,1H3,(H,17,18)/t7-,10+,11?/m0/s1. The molecule has 1 aliphatic heterocycles. The fourth-order valence-corrected chi connectivity index (χ4v) is 2.95. The minimum atomic E-state index is -0.877. The predicted octanol–water partition coefficient (Wildman–Crippen LogP) is 1.79. The number of ether oxygens (including phenoxy) is 1. The fourth-order valence-electron chi connectivity index (χ4n) is 2.95. The molecule has 0 aromatic heterocycles. The second kappa shape index (κ2) is 3.98. The van der Waals surface area contributed by atoms with Crippen LogP contribution < -0.4 is 4.74 Å². The van der Waals surface area contributed by atoms with Crippen LogP contribution in [-0.2, 0) is 4.79 Å². The number of rotatable bonds is 3. The molecular formula is C14H14O5. The van der Waals surface area contributed by atoms with E-state index in [1.165, 1.54) is 0 Å². The summed E-state index contributed by atoms with van der Waals surface area (Å²) in [6.45, 7) is 2.08. The van der Waals surface area contributed by atoms with Gasteiger partial charge in [0.1, 0.15) is 11.5 Å². The lowest BCUT2D eigenvalue weighted by Gasteiger charge is -2.18. The number of aliphatic carboxylic acids is 1. The summed E-state index contributed by atoms with van der Waals surface area (Å²) in [7, 11) is 0. The van der Waals surface area contributed by atoms with Crippen LogP contribution in [0.5, 0.6) is 11.5 Å². The Morgan fingerprint density at radius 1 is 1.42 bits per heavy atom. The van der Waals surface area contributed by atoms with Crippen LogP contribution in [0.15, 0.2) is 12.1 Å². The first-order chi connectivity index (χ1) is 9.06. The Labute approximate surface area is 109 Å². The fraction of sp³-hybridized carbons (Fsp3) is 0.429. The Hall–Kier alpha value is -2.04. The third kappa shape index (κ3) is 1.61. The number of Topliss-reactive ketones (excluding diaryl/α,β-unsaturated/α-hetero) is 1. The average molecular weight is 262 g/mol. The Balaban J connectivity index is 2.07. The molecule has 1 fully saturated rings. The maximum atomic E-state index is 11.7. The smallest absolute Gasteiger partial charge is 0.307 e. The van der Waals surface area contributed by atoms with Gasteiger partial charge in [-0.25, -0.2) is 0 Å². The van der Waals surface area contributed by atoms with Crippen molar-refractivity contribution in [1.29, 1.82) is 0 Å². The van der Waals surface area contributed by atoms with E-state index in [0.29, 0.717) is 24.3 Å². The Kier molecular flexibility index (Phi) is 2.52. The first-order valence-electron chi connectivity index (χ1n) is 6.31. The number of ketones is 1. The molecule has 1 aliphatic carbocycles. The molecule has 100 valence electrons. The lowest BCUT2D eigenvalue weighted by atomic mass is 9.97. The first kappa shape index (κ1) is 12.0. The lowest BCUT2D eigenvalue weighted by Crippen LogP contribution is -2.10. The van der Waals surface area contributed by atoms with Crippen molar-refractivity contribution < 1.29 is 24.5 Å². The summed E-state index contributed by atoms with van der Waals surface area (Å²) in [6, 6.07) is 3.18. The van der Waals surface area contributed by atoms with Crippen molar-refractivity contribution in [2.24, 2.45) is 11.8 Å². The molecular weight excluding hydrogens is 248 g/mol. The summed E-state index contributed by atoms with van der Waals surface area (Å²) in [5.41, 5.74) is 0.740. The molecule has 3 atom stereocenters. The second-order valence-corrected chi connectivity index (χ2v) is 5.01. The third-order valence-electron chi connectivity index (χ3n) is 4.02. The van der Waals surface area contributed by atoms with E-state index in [2.05, 4.69) is 0 Å². The number of aromatic hydroxyl groups is 1. The molecule has 5 nitrogen and oxygen atoms in total. The van der Waals surface area contributed by atoms with Gasteiger partial charge in [0.25, 0.3) is 0 Å². The van der Waals surface area contributed by atoms with Gasteiger partial charge in [0.15, 0.2) is 5.78 Å². The first-order valence-corrected chi connectivity index (χ1v) is 6.31. The number of carbonyl (C=O) groups excluding carboxylic acids is 1. The molecule has 3 rings (SSSR count). The van der Waals surface area contributed by atoms with Crippen molar-refractivity contribution in [1.82, 2.24) is 0 Å². The molecule has 1 unspecified atom stereocenters. The van der Waals surface area contributed by atoms with Gasteiger partial charge in [-0.15, -0.1) is 0 Å². The van der Waals surface area contributed by atoms with E-state index in [-0.39, 0.29) is 28.9 Å². The number of carboxylic acid groups (broad SMARTS) is 1. The number of benzene rings is 1. The lowest BCUT2D eigenvalue weighted by molar-refractivity contribution is -0.139. The van der Waals surface area contributed by atoms with Crippen LogP contribution in [0, 0.1) is 11.8 Å². The SMILES string of the molecule is CCC(=O)c1ccc2c(c1O)[C@H]1C(C(=O)O)[C@H]1CO2. The normalized spacial score (nSPS) is 26.9. The molecule has 2 aliphatic rings. The van der Waals surface area contributed by atoms with E-state index in [4.69, 9.17) is 9.84 Å². The summed E-state index contributed by atoms with van der Waals surface area (Å²) < 4.78 is 5.47. The van der Waals surface area contributed by atoms with Gasteiger partial charge in [0.2, 0.25) is 0 Å². The zero-order chi connectivity index (χ0) is 13.7. The number of carbonyl (C=O) groups is 2. The number of phenolic OH excluding ortho intramolecular Hbond substituents is 1. The highest BCUT2D eigenvalue weighted by molar-refractivity contribution is 5.99. The van der Waals surface area contributed by atoms with Crippen LogP contribution in [0.2, 0.25) is 0 Å². The highest BCUT2D eigenvalue weighted by Gasteiger charge is 2.60. The van der Waals surface area contributed by atoms with Gasteiger partial charge in [0, 0.05) is 23.8 Å². The van der Waals surface area contributed by atoms with Crippen molar-refractivity contribution in [2.45, 2.75) is 19.3 Å². The van der Waals surface area contributed by atoms with Crippen LogP contribution in [0.1, 0.15) is 35.2 Å². The minimum Gasteiger partial charge on any atom is -0.507 e. The molecule has 1 saturated carbocycles. The Morgan fingerprint density at radius 3 is 2.79 bits per heavy atom. The maximum absolute atomic E-state index is 11.7. The number of carboxylic acids is 1. The third-order valence-corrected chi connectivity index (χ3v) is 4.02. The number of phenols is 1. The van der Waals surface area contributed by atoms with Crippen LogP contribution in [0.3, 0.4) is 0 Å². The van der Waals surface area contributed by atoms with Gasteiger partial charge >= 0.3 is 5.97 Å². The van der Waals surface area contributed by atoms with Crippen LogP contribution >= 0.6 is 0 Å². The number of fused-ring (bicyclic) bond motifs is 3. The van der Waals surface area contributed by atoms with Gasteiger partial charge in [-0.3, -0.25) is 9.59 Å².